The van der Waals surface area contributed by atoms with Gasteiger partial charge in [-0.1, -0.05) is 6.07 Å². The van der Waals surface area contributed by atoms with Gasteiger partial charge in [0.1, 0.15) is 11.5 Å². The molecule has 6 heteroatoms. The quantitative estimate of drug-likeness (QED) is 0.871. The van der Waals surface area contributed by atoms with Crippen molar-refractivity contribution in [2.24, 2.45) is 0 Å². The number of rotatable bonds is 4. The van der Waals surface area contributed by atoms with E-state index in [1.165, 1.54) is 29.9 Å². The molecular weight excluding hydrogens is 320 g/mol. The Morgan fingerprint density at radius 3 is 2.75 bits per heavy atom. The van der Waals surface area contributed by atoms with Crippen molar-refractivity contribution in [1.29, 1.82) is 0 Å². The van der Waals surface area contributed by atoms with E-state index in [1.54, 1.807) is 0 Å². The van der Waals surface area contributed by atoms with Crippen molar-refractivity contribution < 1.29 is 4.79 Å². The van der Waals surface area contributed by atoms with Gasteiger partial charge in [0.15, 0.2) is 0 Å². The highest BCUT2D eigenvalue weighted by molar-refractivity contribution is 7.99. The van der Waals surface area contributed by atoms with Crippen LogP contribution in [0.5, 0.6) is 0 Å². The van der Waals surface area contributed by atoms with Crippen LogP contribution in [0.3, 0.4) is 0 Å². The molecule has 2 fully saturated rings. The van der Waals surface area contributed by atoms with Crippen LogP contribution in [-0.2, 0) is 6.42 Å². The lowest BCUT2D eigenvalue weighted by Gasteiger charge is -2.40. The van der Waals surface area contributed by atoms with E-state index >= 15 is 0 Å². The molecule has 2 aliphatic heterocycles. The van der Waals surface area contributed by atoms with Crippen molar-refractivity contribution in [2.75, 3.05) is 30.0 Å². The summed E-state index contributed by atoms with van der Waals surface area (Å²) < 4.78 is 0. The van der Waals surface area contributed by atoms with Crippen LogP contribution in [0.25, 0.3) is 0 Å². The lowest BCUT2D eigenvalue weighted by molar-refractivity contribution is 0.0883. The van der Waals surface area contributed by atoms with E-state index in [0.29, 0.717) is 17.8 Å². The summed E-state index contributed by atoms with van der Waals surface area (Å²) in [5.41, 5.74) is 1.79. The molecule has 0 aromatic carbocycles. The predicted molar refractivity (Wildman–Crippen MR) is 99.0 cm³/mol. The molecule has 2 atom stereocenters. The first-order valence-electron chi connectivity index (χ1n) is 9.06. The van der Waals surface area contributed by atoms with Gasteiger partial charge in [-0.3, -0.25) is 4.79 Å². The Bertz CT molecular complexity index is 617. The number of pyridine rings is 1. The molecule has 1 amide bonds. The standard InChI is InChI=1S/C18H26N4OS/c1-22-9-6-12-2-3-16(20-17(12)22)18(23)21-15-5-4-14(15)19-13-7-10-24-11-8-13/h2-3,13-15,19H,4-11H2,1H3,(H,21,23)/t14-,15+/m1/s1. The van der Waals surface area contributed by atoms with Crippen molar-refractivity contribution in [2.45, 2.75) is 50.2 Å². The molecule has 24 heavy (non-hydrogen) atoms. The highest BCUT2D eigenvalue weighted by Crippen LogP contribution is 2.26. The largest absolute Gasteiger partial charge is 0.359 e. The van der Waals surface area contributed by atoms with Crippen LogP contribution >= 0.6 is 11.8 Å². The molecule has 5 nitrogen and oxygen atoms in total. The van der Waals surface area contributed by atoms with Gasteiger partial charge in [-0.15, -0.1) is 0 Å². The van der Waals surface area contributed by atoms with E-state index in [-0.39, 0.29) is 11.9 Å². The number of nitrogens with one attached hydrogen (secondary N) is 2. The van der Waals surface area contributed by atoms with Crippen LogP contribution in [0.1, 0.15) is 41.7 Å². The number of amides is 1. The smallest absolute Gasteiger partial charge is 0.270 e. The van der Waals surface area contributed by atoms with E-state index in [0.717, 1.165) is 31.6 Å². The van der Waals surface area contributed by atoms with E-state index in [9.17, 15) is 4.79 Å². The van der Waals surface area contributed by atoms with Gasteiger partial charge >= 0.3 is 0 Å². The molecule has 4 rings (SSSR count). The van der Waals surface area contributed by atoms with Gasteiger partial charge in [0.2, 0.25) is 0 Å². The third-order valence-electron chi connectivity index (χ3n) is 5.53. The van der Waals surface area contributed by atoms with Gasteiger partial charge in [-0.05, 0) is 55.2 Å². The monoisotopic (exact) mass is 346 g/mol. The Labute approximate surface area is 148 Å². The van der Waals surface area contributed by atoms with Crippen LogP contribution in [0, 0.1) is 0 Å². The van der Waals surface area contributed by atoms with E-state index < -0.39 is 0 Å². The Morgan fingerprint density at radius 1 is 1.21 bits per heavy atom. The maximum absolute atomic E-state index is 12.6. The van der Waals surface area contributed by atoms with Gasteiger partial charge in [0, 0.05) is 31.7 Å². The van der Waals surface area contributed by atoms with Crippen LogP contribution in [0.2, 0.25) is 0 Å². The molecule has 130 valence electrons. The maximum atomic E-state index is 12.6. The van der Waals surface area contributed by atoms with Crippen molar-refractivity contribution in [3.05, 3.63) is 23.4 Å². The number of fused-ring (bicyclic) bond motifs is 1. The summed E-state index contributed by atoms with van der Waals surface area (Å²) in [4.78, 5) is 19.3. The summed E-state index contributed by atoms with van der Waals surface area (Å²) in [5, 5.41) is 6.94. The topological polar surface area (TPSA) is 57.3 Å². The van der Waals surface area contributed by atoms with E-state index in [1.807, 2.05) is 24.9 Å². The average Bonchev–Trinajstić information content (AvgIpc) is 2.98. The Balaban J connectivity index is 1.35. The first-order chi connectivity index (χ1) is 11.7. The lowest BCUT2D eigenvalue weighted by Crippen LogP contribution is -2.59. The molecule has 1 saturated heterocycles. The normalized spacial score (nSPS) is 26.8. The number of carbonyl (C=O) groups is 1. The fourth-order valence-corrected chi connectivity index (χ4v) is 4.91. The van der Waals surface area contributed by atoms with Crippen LogP contribution < -0.4 is 15.5 Å². The van der Waals surface area contributed by atoms with E-state index in [2.05, 4.69) is 26.6 Å². The number of hydrogen-bond acceptors (Lipinski definition) is 5. The van der Waals surface area contributed by atoms with Crippen molar-refractivity contribution in [1.82, 2.24) is 15.6 Å². The summed E-state index contributed by atoms with van der Waals surface area (Å²) in [6.45, 7) is 0.988. The van der Waals surface area contributed by atoms with Gasteiger partial charge < -0.3 is 15.5 Å². The summed E-state index contributed by atoms with van der Waals surface area (Å²) in [6.07, 6.45) is 5.75. The summed E-state index contributed by atoms with van der Waals surface area (Å²) in [7, 11) is 2.04. The molecule has 1 aromatic heterocycles. The minimum atomic E-state index is -0.0335. The minimum Gasteiger partial charge on any atom is -0.359 e. The Hall–Kier alpha value is -1.27. The number of nitrogens with zero attached hydrogens (tertiary/aromatic N) is 2. The molecule has 3 heterocycles. The zero-order chi connectivity index (χ0) is 16.5. The third kappa shape index (κ3) is 3.26. The summed E-state index contributed by atoms with van der Waals surface area (Å²) in [5.74, 6) is 3.45. The molecule has 0 spiro atoms. The predicted octanol–water partition coefficient (Wildman–Crippen LogP) is 1.82. The molecule has 1 saturated carbocycles. The fourth-order valence-electron chi connectivity index (χ4n) is 3.80. The van der Waals surface area contributed by atoms with Gasteiger partial charge in [-0.25, -0.2) is 4.98 Å². The summed E-state index contributed by atoms with van der Waals surface area (Å²) >= 11 is 2.05. The van der Waals surface area contributed by atoms with Crippen LogP contribution in [-0.4, -0.2) is 54.1 Å². The van der Waals surface area contributed by atoms with Crippen LogP contribution in [0.15, 0.2) is 12.1 Å². The maximum Gasteiger partial charge on any atom is 0.270 e. The average molecular weight is 347 g/mol. The fraction of sp³-hybridized carbons (Fsp3) is 0.667. The number of anilines is 1. The second-order valence-electron chi connectivity index (χ2n) is 7.17. The number of carbonyl (C=O) groups excluding carboxylic acids is 1. The first-order valence-corrected chi connectivity index (χ1v) is 10.2. The molecule has 0 bridgehead atoms. The molecule has 1 aliphatic carbocycles. The molecule has 3 aliphatic rings. The Morgan fingerprint density at radius 2 is 2.00 bits per heavy atom. The first kappa shape index (κ1) is 16.2. The second-order valence-corrected chi connectivity index (χ2v) is 8.39. The molecule has 1 aromatic rings. The number of thioether (sulfide) groups is 1. The minimum absolute atomic E-state index is 0.0335. The molecule has 2 N–H and O–H groups in total. The van der Waals surface area contributed by atoms with Gasteiger partial charge in [0.05, 0.1) is 0 Å². The van der Waals surface area contributed by atoms with Gasteiger partial charge in [-0.2, -0.15) is 11.8 Å². The summed E-state index contributed by atoms with van der Waals surface area (Å²) in [6, 6.07) is 5.23. The number of aromatic nitrogens is 1. The Kier molecular flexibility index (Phi) is 4.68. The number of likely N-dealkylation sites (N-methyl/N-ethyl adjacent to an activating group) is 1. The van der Waals surface area contributed by atoms with Gasteiger partial charge in [0.25, 0.3) is 5.91 Å². The highest BCUT2D eigenvalue weighted by Gasteiger charge is 2.34. The zero-order valence-electron chi connectivity index (χ0n) is 14.3. The number of hydrogen-bond donors (Lipinski definition) is 2. The van der Waals surface area contributed by atoms with Crippen molar-refractivity contribution in [3.63, 3.8) is 0 Å². The SMILES string of the molecule is CN1CCc2ccc(C(=O)N[C@H]3CC[C@H]3NC3CCSCC3)nc21. The molecule has 0 radical (unpaired) electrons. The molecular formula is C18H26N4OS. The third-order valence-corrected chi connectivity index (χ3v) is 6.58. The van der Waals surface area contributed by atoms with Crippen molar-refractivity contribution in [3.8, 4) is 0 Å². The van der Waals surface area contributed by atoms with Crippen LogP contribution in [0.4, 0.5) is 5.82 Å². The lowest BCUT2D eigenvalue weighted by atomic mass is 9.85. The van der Waals surface area contributed by atoms with E-state index in [4.69, 9.17) is 0 Å². The van der Waals surface area contributed by atoms with Crippen molar-refractivity contribution >= 4 is 23.5 Å². The highest BCUT2D eigenvalue weighted by atomic mass is 32.2. The molecule has 0 unspecified atom stereocenters. The second kappa shape index (κ2) is 6.92. The zero-order valence-corrected chi connectivity index (χ0v) is 15.1.